The number of H-pyrrole nitrogens is 1. The Bertz CT molecular complexity index is 811. The average molecular weight is 323 g/mol. The van der Waals surface area contributed by atoms with E-state index in [1.165, 1.54) is 31.4 Å². The summed E-state index contributed by atoms with van der Waals surface area (Å²) in [6.07, 6.45) is 4.82. The lowest BCUT2D eigenvalue weighted by Gasteiger charge is -2.27. The molecule has 2 atom stereocenters. The molecule has 4 rings (SSSR count). The molecule has 1 saturated carbocycles. The highest BCUT2D eigenvalue weighted by molar-refractivity contribution is 5.60. The van der Waals surface area contributed by atoms with Gasteiger partial charge in [-0.05, 0) is 44.1 Å². The van der Waals surface area contributed by atoms with Crippen molar-refractivity contribution in [3.63, 3.8) is 0 Å². The normalized spacial score (nSPS) is 23.1. The van der Waals surface area contributed by atoms with Crippen LogP contribution in [0.1, 0.15) is 43.0 Å². The second-order valence-electron chi connectivity index (χ2n) is 7.25. The van der Waals surface area contributed by atoms with Crippen molar-refractivity contribution < 1.29 is 0 Å². The summed E-state index contributed by atoms with van der Waals surface area (Å²) in [5.41, 5.74) is 3.94. The summed E-state index contributed by atoms with van der Waals surface area (Å²) in [4.78, 5) is 22.6. The molecule has 1 aliphatic carbocycles. The van der Waals surface area contributed by atoms with Gasteiger partial charge in [0.05, 0.1) is 0 Å². The van der Waals surface area contributed by atoms with Gasteiger partial charge in [-0.2, -0.15) is 0 Å². The minimum Gasteiger partial charge on any atom is -0.306 e. The summed E-state index contributed by atoms with van der Waals surface area (Å²) < 4.78 is 0. The van der Waals surface area contributed by atoms with E-state index in [-0.39, 0.29) is 5.56 Å². The van der Waals surface area contributed by atoms with E-state index in [0.717, 1.165) is 35.3 Å². The van der Waals surface area contributed by atoms with Crippen LogP contribution >= 0.6 is 0 Å². The van der Waals surface area contributed by atoms with Crippen LogP contribution in [0.3, 0.4) is 0 Å². The molecule has 2 fully saturated rings. The molecule has 0 amide bonds. The maximum Gasteiger partial charge on any atom is 0.254 e. The third-order valence-corrected chi connectivity index (χ3v) is 5.74. The van der Waals surface area contributed by atoms with Crippen molar-refractivity contribution in [3.8, 4) is 11.4 Å². The summed E-state index contributed by atoms with van der Waals surface area (Å²) in [5.74, 6) is 1.60. The third kappa shape index (κ3) is 2.69. The van der Waals surface area contributed by atoms with Crippen LogP contribution in [0.15, 0.2) is 29.1 Å². The fourth-order valence-corrected chi connectivity index (χ4v) is 4.48. The van der Waals surface area contributed by atoms with Crippen LogP contribution in [0.25, 0.3) is 11.4 Å². The molecule has 0 radical (unpaired) electrons. The number of aromatic amines is 1. The van der Waals surface area contributed by atoms with E-state index in [2.05, 4.69) is 33.1 Å². The highest BCUT2D eigenvalue weighted by Crippen LogP contribution is 2.38. The first-order valence-electron chi connectivity index (χ1n) is 9.07. The van der Waals surface area contributed by atoms with Gasteiger partial charge in [0, 0.05) is 36.0 Å². The predicted octanol–water partition coefficient (Wildman–Crippen LogP) is 3.29. The van der Waals surface area contributed by atoms with Crippen molar-refractivity contribution >= 4 is 0 Å². The van der Waals surface area contributed by atoms with E-state index in [1.54, 1.807) is 0 Å². The number of hydrogen-bond acceptors (Lipinski definition) is 3. The van der Waals surface area contributed by atoms with Crippen molar-refractivity contribution in [2.75, 3.05) is 6.54 Å². The molecule has 24 heavy (non-hydrogen) atoms. The zero-order valence-corrected chi connectivity index (χ0v) is 14.5. The number of hydrogen-bond donors (Lipinski definition) is 1. The topological polar surface area (TPSA) is 49.0 Å². The maximum absolute atomic E-state index is 12.3. The van der Waals surface area contributed by atoms with Gasteiger partial charge in [-0.3, -0.25) is 9.69 Å². The summed E-state index contributed by atoms with van der Waals surface area (Å²) in [6, 6.07) is 9.10. The van der Waals surface area contributed by atoms with Crippen LogP contribution in [0, 0.1) is 12.8 Å². The molecular weight excluding hydrogens is 298 g/mol. The average Bonchev–Trinajstić information content (AvgIpc) is 3.18. The Hall–Kier alpha value is -1.94. The first-order valence-corrected chi connectivity index (χ1v) is 9.07. The fraction of sp³-hybridized carbons (Fsp3) is 0.500. The van der Waals surface area contributed by atoms with Crippen molar-refractivity contribution in [2.45, 2.75) is 52.1 Å². The van der Waals surface area contributed by atoms with Gasteiger partial charge < -0.3 is 4.98 Å². The van der Waals surface area contributed by atoms with Gasteiger partial charge in [-0.25, -0.2) is 4.98 Å². The Morgan fingerprint density at radius 1 is 1.29 bits per heavy atom. The molecule has 0 unspecified atom stereocenters. The highest BCUT2D eigenvalue weighted by Gasteiger charge is 2.37. The minimum atomic E-state index is -0.00460. The molecule has 0 spiro atoms. The zero-order valence-electron chi connectivity index (χ0n) is 14.5. The Balaban J connectivity index is 1.68. The summed E-state index contributed by atoms with van der Waals surface area (Å²) >= 11 is 0. The molecule has 2 heterocycles. The van der Waals surface area contributed by atoms with E-state index in [4.69, 9.17) is 0 Å². The SMILES string of the molecule is CCc1c(C)nc(-c2ccccc2CN2C[C@H]3CC[C@H]2C3)[nH]c1=O. The van der Waals surface area contributed by atoms with Crippen molar-refractivity contribution in [2.24, 2.45) is 5.92 Å². The number of aryl methyl sites for hydroxylation is 1. The summed E-state index contributed by atoms with van der Waals surface area (Å²) in [5, 5.41) is 0. The van der Waals surface area contributed by atoms with Gasteiger partial charge in [0.1, 0.15) is 5.82 Å². The van der Waals surface area contributed by atoms with E-state index >= 15 is 0 Å². The van der Waals surface area contributed by atoms with Gasteiger partial charge in [-0.15, -0.1) is 0 Å². The molecule has 4 heteroatoms. The molecule has 1 aromatic carbocycles. The molecule has 2 bridgehead atoms. The molecule has 1 aromatic heterocycles. The molecule has 126 valence electrons. The second-order valence-corrected chi connectivity index (χ2v) is 7.25. The van der Waals surface area contributed by atoms with E-state index < -0.39 is 0 Å². The molecule has 1 aliphatic heterocycles. The number of likely N-dealkylation sites (tertiary alicyclic amines) is 1. The summed E-state index contributed by atoms with van der Waals surface area (Å²) in [7, 11) is 0. The van der Waals surface area contributed by atoms with Crippen LogP contribution in [-0.2, 0) is 13.0 Å². The predicted molar refractivity (Wildman–Crippen MR) is 95.9 cm³/mol. The van der Waals surface area contributed by atoms with Gasteiger partial charge in [0.25, 0.3) is 5.56 Å². The van der Waals surface area contributed by atoms with Crippen LogP contribution < -0.4 is 5.56 Å². The molecular formula is C20H25N3O. The number of nitrogens with zero attached hydrogens (tertiary/aromatic N) is 2. The van der Waals surface area contributed by atoms with E-state index in [1.807, 2.05) is 19.9 Å². The standard InChI is InChI=1S/C20H25N3O/c1-3-17-13(2)21-19(22-20(17)24)18-7-5-4-6-15(18)12-23-11-14-8-9-16(23)10-14/h4-7,14,16H,3,8-12H2,1-2H3,(H,21,22,24)/t14-,16-/m0/s1. The lowest BCUT2D eigenvalue weighted by molar-refractivity contribution is 0.205. The molecule has 2 aliphatic rings. The maximum atomic E-state index is 12.3. The molecule has 4 nitrogen and oxygen atoms in total. The lowest BCUT2D eigenvalue weighted by Crippen LogP contribution is -2.31. The third-order valence-electron chi connectivity index (χ3n) is 5.74. The Kier molecular flexibility index (Phi) is 4.01. The zero-order chi connectivity index (χ0) is 16.7. The largest absolute Gasteiger partial charge is 0.306 e. The first kappa shape index (κ1) is 15.6. The Morgan fingerprint density at radius 3 is 2.79 bits per heavy atom. The van der Waals surface area contributed by atoms with Gasteiger partial charge in [0.2, 0.25) is 0 Å². The second kappa shape index (κ2) is 6.17. The highest BCUT2D eigenvalue weighted by atomic mass is 16.1. The number of fused-ring (bicyclic) bond motifs is 2. The first-order chi connectivity index (χ1) is 11.7. The smallest absolute Gasteiger partial charge is 0.254 e. The Labute approximate surface area is 142 Å². The number of benzene rings is 1. The number of rotatable bonds is 4. The van der Waals surface area contributed by atoms with Crippen LogP contribution in [0.5, 0.6) is 0 Å². The number of nitrogens with one attached hydrogen (secondary N) is 1. The monoisotopic (exact) mass is 323 g/mol. The van der Waals surface area contributed by atoms with E-state index in [0.29, 0.717) is 12.2 Å². The molecule has 1 saturated heterocycles. The fourth-order valence-electron chi connectivity index (χ4n) is 4.48. The molecule has 1 N–H and O–H groups in total. The van der Waals surface area contributed by atoms with Crippen LogP contribution in [0.4, 0.5) is 0 Å². The lowest BCUT2D eigenvalue weighted by atomic mass is 10.0. The van der Waals surface area contributed by atoms with Gasteiger partial charge in [0.15, 0.2) is 0 Å². The quantitative estimate of drug-likeness (QED) is 0.939. The molecule has 2 aromatic rings. The van der Waals surface area contributed by atoms with Gasteiger partial charge >= 0.3 is 0 Å². The number of piperidine rings is 1. The number of aromatic nitrogens is 2. The van der Waals surface area contributed by atoms with E-state index in [9.17, 15) is 4.79 Å². The Morgan fingerprint density at radius 2 is 2.12 bits per heavy atom. The minimum absolute atomic E-state index is 0.00460. The van der Waals surface area contributed by atoms with Gasteiger partial charge in [-0.1, -0.05) is 31.2 Å². The summed E-state index contributed by atoms with van der Waals surface area (Å²) in [6.45, 7) is 6.10. The van der Waals surface area contributed by atoms with Crippen molar-refractivity contribution in [3.05, 3.63) is 51.4 Å². The van der Waals surface area contributed by atoms with Crippen molar-refractivity contribution in [1.82, 2.24) is 14.9 Å². The van der Waals surface area contributed by atoms with Crippen LogP contribution in [-0.4, -0.2) is 27.5 Å². The van der Waals surface area contributed by atoms with Crippen LogP contribution in [0.2, 0.25) is 0 Å². The van der Waals surface area contributed by atoms with Crippen molar-refractivity contribution in [1.29, 1.82) is 0 Å².